The summed E-state index contributed by atoms with van der Waals surface area (Å²) in [6.07, 6.45) is 8.63. The van der Waals surface area contributed by atoms with Crippen LogP contribution in [-0.4, -0.2) is 29.9 Å². The van der Waals surface area contributed by atoms with Gasteiger partial charge in [0.25, 0.3) is 0 Å². The summed E-state index contributed by atoms with van der Waals surface area (Å²) in [5, 5.41) is 0. The van der Waals surface area contributed by atoms with Crippen LogP contribution in [0.3, 0.4) is 0 Å². The molecule has 1 heterocycles. The molecule has 2 aromatic rings. The molecule has 3 heteroatoms. The molecule has 0 aromatic heterocycles. The van der Waals surface area contributed by atoms with E-state index in [1.54, 1.807) is 0 Å². The van der Waals surface area contributed by atoms with Crippen LogP contribution in [0.1, 0.15) is 60.0 Å². The predicted octanol–water partition coefficient (Wildman–Crippen LogP) is 4.30. The molecule has 2 aliphatic rings. The number of nitrogens with two attached hydrogens (primary N) is 1. The van der Waals surface area contributed by atoms with Gasteiger partial charge in [0.2, 0.25) is 5.91 Å². The van der Waals surface area contributed by atoms with Gasteiger partial charge in [-0.3, -0.25) is 4.79 Å². The van der Waals surface area contributed by atoms with E-state index in [-0.39, 0.29) is 11.3 Å². The maximum atomic E-state index is 11.6. The van der Waals surface area contributed by atoms with E-state index < -0.39 is 0 Å². The largest absolute Gasteiger partial charge is 0.366 e. The van der Waals surface area contributed by atoms with Gasteiger partial charge in [0.1, 0.15) is 0 Å². The van der Waals surface area contributed by atoms with Crippen LogP contribution in [0, 0.1) is 0 Å². The molecule has 4 rings (SSSR count). The smallest absolute Gasteiger partial charge is 0.248 e. The highest BCUT2D eigenvalue weighted by atomic mass is 16.1. The van der Waals surface area contributed by atoms with E-state index in [9.17, 15) is 4.79 Å². The van der Waals surface area contributed by atoms with E-state index in [1.165, 1.54) is 62.7 Å². The fraction of sp³-hybridized carbons (Fsp3) is 0.458. The highest BCUT2D eigenvalue weighted by Gasteiger charge is 2.43. The van der Waals surface area contributed by atoms with Gasteiger partial charge < -0.3 is 10.6 Å². The van der Waals surface area contributed by atoms with Crippen LogP contribution < -0.4 is 5.73 Å². The van der Waals surface area contributed by atoms with Crippen LogP contribution >= 0.6 is 0 Å². The van der Waals surface area contributed by atoms with E-state index in [2.05, 4.69) is 47.4 Å². The zero-order chi connectivity index (χ0) is 18.7. The molecule has 2 unspecified atom stereocenters. The zero-order valence-corrected chi connectivity index (χ0v) is 16.1. The first-order chi connectivity index (χ1) is 13.2. The Morgan fingerprint density at radius 1 is 1.11 bits per heavy atom. The molecule has 0 spiro atoms. The van der Waals surface area contributed by atoms with Crippen molar-refractivity contribution in [3.63, 3.8) is 0 Å². The van der Waals surface area contributed by atoms with Crippen molar-refractivity contribution >= 4 is 5.91 Å². The van der Waals surface area contributed by atoms with Gasteiger partial charge in [-0.05, 0) is 80.3 Å². The normalized spacial score (nSPS) is 25.3. The lowest BCUT2D eigenvalue weighted by atomic mass is 9.63. The Hall–Kier alpha value is -2.13. The van der Waals surface area contributed by atoms with Crippen LogP contribution in [0.15, 0.2) is 54.6 Å². The monoisotopic (exact) mass is 362 g/mol. The molecule has 2 N–H and O–H groups in total. The van der Waals surface area contributed by atoms with Gasteiger partial charge in [-0.15, -0.1) is 0 Å². The topological polar surface area (TPSA) is 46.3 Å². The minimum absolute atomic E-state index is 0.240. The van der Waals surface area contributed by atoms with Crippen molar-refractivity contribution in [3.05, 3.63) is 71.3 Å². The lowest BCUT2D eigenvalue weighted by Crippen LogP contribution is -2.52. The quantitative estimate of drug-likeness (QED) is 0.832. The molecule has 2 fully saturated rings. The molecule has 1 aliphatic heterocycles. The van der Waals surface area contributed by atoms with E-state index >= 15 is 0 Å². The standard InChI is InChI=1S/C24H30N2O/c25-23(27)20-10-4-11-21(17-20)24-13-5-12-22(18-24)26(16-14-24)15-6-9-19-7-2-1-3-8-19/h1-4,7-8,10-11,17,22H,5-6,9,12-16,18H2,(H2,25,27). The first-order valence-electron chi connectivity index (χ1n) is 10.3. The van der Waals surface area contributed by atoms with Gasteiger partial charge in [0.15, 0.2) is 0 Å². The summed E-state index contributed by atoms with van der Waals surface area (Å²) in [6, 6.07) is 19.6. The second-order valence-corrected chi connectivity index (χ2v) is 8.35. The summed E-state index contributed by atoms with van der Waals surface area (Å²) < 4.78 is 0. The number of piperidine rings is 1. The van der Waals surface area contributed by atoms with Crippen LogP contribution in [0.25, 0.3) is 0 Å². The Morgan fingerprint density at radius 2 is 1.96 bits per heavy atom. The molecule has 2 atom stereocenters. The van der Waals surface area contributed by atoms with Crippen LogP contribution in [0.2, 0.25) is 0 Å². The number of nitrogens with zero attached hydrogens (tertiary/aromatic N) is 1. The van der Waals surface area contributed by atoms with Gasteiger partial charge in [0.05, 0.1) is 0 Å². The van der Waals surface area contributed by atoms with Gasteiger partial charge in [-0.2, -0.15) is 0 Å². The Labute approximate surface area is 162 Å². The fourth-order valence-corrected chi connectivity index (χ4v) is 5.24. The fourth-order valence-electron chi connectivity index (χ4n) is 5.24. The molecule has 0 radical (unpaired) electrons. The number of carbonyl (C=O) groups excluding carboxylic acids is 1. The third-order valence-electron chi connectivity index (χ3n) is 6.73. The minimum Gasteiger partial charge on any atom is -0.366 e. The summed E-state index contributed by atoms with van der Waals surface area (Å²) in [5.41, 5.74) is 9.17. The highest BCUT2D eigenvalue weighted by molar-refractivity contribution is 5.92. The third-order valence-corrected chi connectivity index (χ3v) is 6.73. The number of benzene rings is 2. The molecular weight excluding hydrogens is 332 g/mol. The van der Waals surface area contributed by atoms with E-state index in [1.807, 2.05) is 12.1 Å². The number of carbonyl (C=O) groups is 1. The van der Waals surface area contributed by atoms with Gasteiger partial charge >= 0.3 is 0 Å². The summed E-state index contributed by atoms with van der Waals surface area (Å²) in [4.78, 5) is 14.3. The second kappa shape index (κ2) is 7.85. The molecule has 1 saturated heterocycles. The lowest BCUT2D eigenvalue weighted by Gasteiger charge is -2.51. The Morgan fingerprint density at radius 3 is 2.78 bits per heavy atom. The number of amides is 1. The number of rotatable bonds is 6. The number of primary amides is 1. The van der Waals surface area contributed by atoms with E-state index in [0.29, 0.717) is 11.6 Å². The van der Waals surface area contributed by atoms with Crippen LogP contribution in [0.4, 0.5) is 0 Å². The van der Waals surface area contributed by atoms with E-state index in [4.69, 9.17) is 5.73 Å². The van der Waals surface area contributed by atoms with Crippen molar-refractivity contribution in [3.8, 4) is 0 Å². The molecule has 27 heavy (non-hydrogen) atoms. The van der Waals surface area contributed by atoms with Crippen molar-refractivity contribution in [2.75, 3.05) is 13.1 Å². The van der Waals surface area contributed by atoms with Crippen LogP contribution in [0.5, 0.6) is 0 Å². The maximum absolute atomic E-state index is 11.6. The van der Waals surface area contributed by atoms with Gasteiger partial charge in [-0.25, -0.2) is 0 Å². The molecule has 1 aliphatic carbocycles. The Kier molecular flexibility index (Phi) is 5.31. The number of aryl methyl sites for hydroxylation is 1. The van der Waals surface area contributed by atoms with Crippen molar-refractivity contribution in [2.24, 2.45) is 5.73 Å². The average Bonchev–Trinajstić information content (AvgIpc) is 2.71. The number of fused-ring (bicyclic) bond motifs is 2. The second-order valence-electron chi connectivity index (χ2n) is 8.35. The number of hydrogen-bond donors (Lipinski definition) is 1. The molecule has 3 nitrogen and oxygen atoms in total. The third kappa shape index (κ3) is 3.93. The average molecular weight is 363 g/mol. The molecule has 1 amide bonds. The molecule has 1 saturated carbocycles. The number of likely N-dealkylation sites (tertiary alicyclic amines) is 1. The summed E-state index contributed by atoms with van der Waals surface area (Å²) >= 11 is 0. The van der Waals surface area contributed by atoms with Crippen molar-refractivity contribution in [2.45, 2.75) is 56.4 Å². The molecular formula is C24H30N2O. The zero-order valence-electron chi connectivity index (χ0n) is 16.1. The van der Waals surface area contributed by atoms with Gasteiger partial charge in [0, 0.05) is 11.6 Å². The van der Waals surface area contributed by atoms with Crippen molar-refractivity contribution in [1.82, 2.24) is 4.90 Å². The SMILES string of the molecule is NC(=O)c1cccc(C23CCCC(C2)N(CCCc2ccccc2)CC3)c1. The van der Waals surface area contributed by atoms with Gasteiger partial charge in [-0.1, -0.05) is 48.9 Å². The van der Waals surface area contributed by atoms with Crippen LogP contribution in [-0.2, 0) is 11.8 Å². The first-order valence-corrected chi connectivity index (χ1v) is 10.3. The highest BCUT2D eigenvalue weighted by Crippen LogP contribution is 2.47. The Bertz CT molecular complexity index is 788. The maximum Gasteiger partial charge on any atom is 0.248 e. The molecule has 142 valence electrons. The van der Waals surface area contributed by atoms with E-state index in [0.717, 1.165) is 6.42 Å². The Balaban J connectivity index is 1.41. The minimum atomic E-state index is -0.320. The van der Waals surface area contributed by atoms with Crippen molar-refractivity contribution < 1.29 is 4.79 Å². The summed E-state index contributed by atoms with van der Waals surface area (Å²) in [7, 11) is 0. The molecule has 2 bridgehead atoms. The molecule has 2 aromatic carbocycles. The predicted molar refractivity (Wildman–Crippen MR) is 110 cm³/mol. The summed E-state index contributed by atoms with van der Waals surface area (Å²) in [6.45, 7) is 2.36. The lowest BCUT2D eigenvalue weighted by molar-refractivity contribution is 0.0509. The summed E-state index contributed by atoms with van der Waals surface area (Å²) in [5.74, 6) is -0.320. The number of hydrogen-bond acceptors (Lipinski definition) is 2. The first kappa shape index (κ1) is 18.2. The van der Waals surface area contributed by atoms with Crippen molar-refractivity contribution in [1.29, 1.82) is 0 Å².